The zero-order valence-electron chi connectivity index (χ0n) is 24.4. The van der Waals surface area contributed by atoms with Crippen molar-refractivity contribution in [1.82, 2.24) is 10.2 Å². The number of nitrogens with zero attached hydrogens (tertiary/aromatic N) is 2. The second-order valence-corrected chi connectivity index (χ2v) is 12.5. The number of halogens is 1. The third-order valence-corrected chi connectivity index (χ3v) is 9.21. The largest absolute Gasteiger partial charge is 0.352 e. The molecule has 0 saturated carbocycles. The number of sulfonamides is 1. The summed E-state index contributed by atoms with van der Waals surface area (Å²) < 4.78 is 29.3. The molecule has 0 aliphatic rings. The normalized spacial score (nSPS) is 12.8. The summed E-state index contributed by atoms with van der Waals surface area (Å²) in [6.07, 6.45) is 1.68. The maximum absolute atomic E-state index is 14.2. The minimum absolute atomic E-state index is 0.0705. The lowest BCUT2D eigenvalue weighted by Gasteiger charge is -2.34. The molecule has 1 N–H and O–H groups in total. The number of aryl methyl sites for hydroxylation is 2. The molecule has 0 radical (unpaired) electrons. The maximum atomic E-state index is 14.2. The molecule has 2 unspecified atom stereocenters. The summed E-state index contributed by atoms with van der Waals surface area (Å²) >= 11 is 6.09. The second-order valence-electron chi connectivity index (χ2n) is 10.2. The number of hydrogen-bond donors (Lipinski definition) is 1. The van der Waals surface area contributed by atoms with Gasteiger partial charge < -0.3 is 10.2 Å². The molecule has 2 atom stereocenters. The minimum atomic E-state index is -4.12. The monoisotopic (exact) mass is 597 g/mol. The van der Waals surface area contributed by atoms with Crippen molar-refractivity contribution in [1.29, 1.82) is 0 Å². The van der Waals surface area contributed by atoms with Crippen molar-refractivity contribution in [3.8, 4) is 0 Å². The van der Waals surface area contributed by atoms with Crippen molar-refractivity contribution in [2.75, 3.05) is 10.8 Å². The fourth-order valence-electron chi connectivity index (χ4n) is 4.55. The first-order chi connectivity index (χ1) is 19.5. The van der Waals surface area contributed by atoms with Crippen molar-refractivity contribution < 1.29 is 18.0 Å². The van der Waals surface area contributed by atoms with Gasteiger partial charge in [-0.15, -0.1) is 0 Å². The van der Waals surface area contributed by atoms with E-state index in [2.05, 4.69) is 5.32 Å². The van der Waals surface area contributed by atoms with E-state index in [1.165, 1.54) is 9.21 Å². The van der Waals surface area contributed by atoms with Crippen LogP contribution in [0.5, 0.6) is 0 Å². The maximum Gasteiger partial charge on any atom is 0.264 e. The SMILES string of the molecule is CCc1ccccc1N(CC(=O)N(Cc1ccc(Cl)cc1)C(CC)C(=O)NC(C)CC)S(=O)(=O)c1ccc(C)cc1. The summed E-state index contributed by atoms with van der Waals surface area (Å²) in [5.74, 6) is -0.751. The Labute approximate surface area is 249 Å². The lowest BCUT2D eigenvalue weighted by Crippen LogP contribution is -2.53. The molecule has 0 heterocycles. The number of hydrogen-bond acceptors (Lipinski definition) is 4. The van der Waals surface area contributed by atoms with Crippen LogP contribution in [-0.2, 0) is 32.6 Å². The van der Waals surface area contributed by atoms with E-state index in [9.17, 15) is 18.0 Å². The molecule has 3 aromatic rings. The smallest absolute Gasteiger partial charge is 0.264 e. The first-order valence-corrected chi connectivity index (χ1v) is 15.8. The van der Waals surface area contributed by atoms with Crippen molar-refractivity contribution in [3.05, 3.63) is 94.5 Å². The van der Waals surface area contributed by atoms with Gasteiger partial charge in [0.1, 0.15) is 12.6 Å². The molecule has 0 bridgehead atoms. The van der Waals surface area contributed by atoms with E-state index in [-0.39, 0.29) is 23.4 Å². The third kappa shape index (κ3) is 8.11. The summed E-state index contributed by atoms with van der Waals surface area (Å²) in [6.45, 7) is 9.21. The van der Waals surface area contributed by atoms with Crippen molar-refractivity contribution in [2.45, 2.75) is 77.4 Å². The Hall–Kier alpha value is -3.36. The zero-order valence-corrected chi connectivity index (χ0v) is 26.0. The standard InChI is InChI=1S/C32H40ClN3O4S/c1-6-24(5)34-32(38)29(8-3)35(21-25-15-17-27(33)18-16-25)31(37)22-36(30-12-10-9-11-26(30)7-2)41(39,40)28-19-13-23(4)14-20-28/h9-20,24,29H,6-8,21-22H2,1-5H3,(H,34,38). The molecule has 0 saturated heterocycles. The van der Waals surface area contributed by atoms with Crippen molar-refractivity contribution in [2.24, 2.45) is 0 Å². The molecule has 41 heavy (non-hydrogen) atoms. The number of carbonyl (C=O) groups is 2. The second kappa shape index (κ2) is 14.5. The topological polar surface area (TPSA) is 86.8 Å². The Morgan fingerprint density at radius 3 is 2.12 bits per heavy atom. The summed E-state index contributed by atoms with van der Waals surface area (Å²) in [5, 5.41) is 3.54. The molecular formula is C32H40ClN3O4S. The average Bonchev–Trinajstić information content (AvgIpc) is 2.96. The number of anilines is 1. The van der Waals surface area contributed by atoms with Crippen LogP contribution in [0.3, 0.4) is 0 Å². The van der Waals surface area contributed by atoms with Crippen LogP contribution in [0, 0.1) is 6.92 Å². The van der Waals surface area contributed by atoms with Crippen LogP contribution in [0.25, 0.3) is 0 Å². The molecule has 0 fully saturated rings. The van der Waals surface area contributed by atoms with Gasteiger partial charge in [0, 0.05) is 17.6 Å². The van der Waals surface area contributed by atoms with Crippen molar-refractivity contribution >= 4 is 39.1 Å². The van der Waals surface area contributed by atoms with E-state index >= 15 is 0 Å². The summed E-state index contributed by atoms with van der Waals surface area (Å²) in [7, 11) is -4.12. The van der Waals surface area contributed by atoms with Gasteiger partial charge in [-0.2, -0.15) is 0 Å². The first-order valence-electron chi connectivity index (χ1n) is 14.0. The van der Waals surface area contributed by atoms with Crippen LogP contribution in [0.15, 0.2) is 77.7 Å². The highest BCUT2D eigenvalue weighted by Gasteiger charge is 2.34. The van der Waals surface area contributed by atoms with E-state index in [0.717, 1.165) is 23.1 Å². The highest BCUT2D eigenvalue weighted by molar-refractivity contribution is 7.92. The highest BCUT2D eigenvalue weighted by Crippen LogP contribution is 2.28. The molecule has 0 aromatic heterocycles. The lowest BCUT2D eigenvalue weighted by molar-refractivity contribution is -0.140. The van der Waals surface area contributed by atoms with Gasteiger partial charge in [0.25, 0.3) is 10.0 Å². The summed E-state index contributed by atoms with van der Waals surface area (Å²) in [4.78, 5) is 29.2. The van der Waals surface area contributed by atoms with Gasteiger partial charge in [-0.05, 0) is 74.6 Å². The van der Waals surface area contributed by atoms with Crippen LogP contribution >= 0.6 is 11.6 Å². The number of nitrogens with one attached hydrogen (secondary N) is 1. The number of para-hydroxylation sites is 1. The number of carbonyl (C=O) groups excluding carboxylic acids is 2. The lowest BCUT2D eigenvalue weighted by atomic mass is 10.1. The molecule has 9 heteroatoms. The first kappa shape index (κ1) is 32.2. The fraction of sp³-hybridized carbons (Fsp3) is 0.375. The van der Waals surface area contributed by atoms with Gasteiger partial charge in [0.2, 0.25) is 11.8 Å². The molecule has 2 amide bonds. The fourth-order valence-corrected chi connectivity index (χ4v) is 6.13. The number of amides is 2. The van der Waals surface area contributed by atoms with E-state index in [1.807, 2.05) is 46.8 Å². The molecule has 3 aromatic carbocycles. The van der Waals surface area contributed by atoms with Gasteiger partial charge in [-0.25, -0.2) is 8.42 Å². The summed E-state index contributed by atoms with van der Waals surface area (Å²) in [6, 6.07) is 19.9. The number of rotatable bonds is 13. The van der Waals surface area contributed by atoms with Crippen LogP contribution < -0.4 is 9.62 Å². The predicted molar refractivity (Wildman–Crippen MR) is 166 cm³/mol. The third-order valence-electron chi connectivity index (χ3n) is 7.18. The Bertz CT molecular complexity index is 1430. The molecule has 7 nitrogen and oxygen atoms in total. The average molecular weight is 598 g/mol. The molecule has 3 rings (SSSR count). The van der Waals surface area contributed by atoms with Crippen molar-refractivity contribution in [3.63, 3.8) is 0 Å². The molecule has 0 spiro atoms. The summed E-state index contributed by atoms with van der Waals surface area (Å²) in [5.41, 5.74) is 2.93. The van der Waals surface area contributed by atoms with Crippen LogP contribution in [0.4, 0.5) is 5.69 Å². The van der Waals surface area contributed by atoms with Crippen LogP contribution in [0.1, 0.15) is 57.2 Å². The minimum Gasteiger partial charge on any atom is -0.352 e. The van der Waals surface area contributed by atoms with Crippen LogP contribution in [0.2, 0.25) is 5.02 Å². The van der Waals surface area contributed by atoms with E-state index in [1.54, 1.807) is 60.7 Å². The van der Waals surface area contributed by atoms with Gasteiger partial charge in [0.05, 0.1) is 10.6 Å². The van der Waals surface area contributed by atoms with E-state index in [4.69, 9.17) is 11.6 Å². The Morgan fingerprint density at radius 1 is 0.902 bits per heavy atom. The molecule has 0 aliphatic carbocycles. The van der Waals surface area contributed by atoms with E-state index < -0.39 is 28.5 Å². The van der Waals surface area contributed by atoms with Gasteiger partial charge >= 0.3 is 0 Å². The van der Waals surface area contributed by atoms with Gasteiger partial charge in [-0.1, -0.05) is 80.4 Å². The van der Waals surface area contributed by atoms with Crippen LogP contribution in [-0.4, -0.2) is 43.8 Å². The number of benzene rings is 3. The molecule has 0 aliphatic heterocycles. The molecular weight excluding hydrogens is 558 g/mol. The zero-order chi connectivity index (χ0) is 30.2. The van der Waals surface area contributed by atoms with Gasteiger partial charge in [0.15, 0.2) is 0 Å². The van der Waals surface area contributed by atoms with Gasteiger partial charge in [-0.3, -0.25) is 13.9 Å². The Kier molecular flexibility index (Phi) is 11.4. The predicted octanol–water partition coefficient (Wildman–Crippen LogP) is 6.13. The Balaban J connectivity index is 2.09. The Morgan fingerprint density at radius 2 is 1.54 bits per heavy atom. The highest BCUT2D eigenvalue weighted by atomic mass is 35.5. The quantitative estimate of drug-likeness (QED) is 0.257. The van der Waals surface area contributed by atoms with E-state index in [0.29, 0.717) is 23.6 Å². The molecule has 220 valence electrons.